The number of nitrogens with one attached hydrogen (secondary N) is 1. The Morgan fingerprint density at radius 1 is 1.00 bits per heavy atom. The first-order valence-corrected chi connectivity index (χ1v) is 6.77. The maximum atomic E-state index is 3.82. The van der Waals surface area contributed by atoms with Crippen LogP contribution in [-0.2, 0) is 0 Å². The molecule has 1 heteroatoms. The van der Waals surface area contributed by atoms with E-state index in [1.807, 2.05) is 12.2 Å². The van der Waals surface area contributed by atoms with Crippen molar-refractivity contribution in [1.29, 1.82) is 0 Å². The fourth-order valence-corrected chi connectivity index (χ4v) is 1.96. The normalized spacial score (nSPS) is 10.6. The smallest absolute Gasteiger partial charge is 0.00489 e. The average molecular weight is 223 g/mol. The zero-order valence-corrected chi connectivity index (χ0v) is 11.0. The minimum atomic E-state index is 0.776. The first kappa shape index (κ1) is 15.4. The third kappa shape index (κ3) is 9.97. The molecule has 0 atom stereocenters. The SMILES string of the molecule is C=CCC(CC=C)CCCCCNCCC. The lowest BCUT2D eigenvalue weighted by atomic mass is 9.94. The van der Waals surface area contributed by atoms with E-state index >= 15 is 0 Å². The number of hydrogen-bond donors (Lipinski definition) is 1. The molecule has 0 aromatic carbocycles. The second-order valence-electron chi connectivity index (χ2n) is 4.51. The summed E-state index contributed by atoms with van der Waals surface area (Å²) in [7, 11) is 0. The Labute approximate surface area is 102 Å². The van der Waals surface area contributed by atoms with Crippen LogP contribution in [0, 0.1) is 5.92 Å². The van der Waals surface area contributed by atoms with Crippen molar-refractivity contribution in [3.8, 4) is 0 Å². The van der Waals surface area contributed by atoms with Gasteiger partial charge in [0, 0.05) is 0 Å². The lowest BCUT2D eigenvalue weighted by Gasteiger charge is -2.12. The highest BCUT2D eigenvalue weighted by Crippen LogP contribution is 2.18. The Morgan fingerprint density at radius 2 is 1.69 bits per heavy atom. The molecule has 0 radical (unpaired) electrons. The highest BCUT2D eigenvalue weighted by atomic mass is 14.8. The molecule has 0 aliphatic heterocycles. The number of hydrogen-bond acceptors (Lipinski definition) is 1. The van der Waals surface area contributed by atoms with Gasteiger partial charge >= 0.3 is 0 Å². The molecule has 0 aliphatic carbocycles. The molecule has 0 amide bonds. The molecule has 0 spiro atoms. The Morgan fingerprint density at radius 3 is 2.25 bits per heavy atom. The van der Waals surface area contributed by atoms with E-state index in [0.29, 0.717) is 0 Å². The van der Waals surface area contributed by atoms with Crippen LogP contribution in [0.1, 0.15) is 51.9 Å². The van der Waals surface area contributed by atoms with Gasteiger partial charge in [0.2, 0.25) is 0 Å². The number of allylic oxidation sites excluding steroid dienone is 2. The van der Waals surface area contributed by atoms with Gasteiger partial charge in [-0.25, -0.2) is 0 Å². The second kappa shape index (κ2) is 12.5. The molecule has 0 aromatic heterocycles. The fraction of sp³-hybridized carbons (Fsp3) is 0.733. The largest absolute Gasteiger partial charge is 0.317 e. The van der Waals surface area contributed by atoms with Crippen LogP contribution >= 0.6 is 0 Å². The number of rotatable bonds is 12. The lowest BCUT2D eigenvalue weighted by molar-refractivity contribution is 0.460. The van der Waals surface area contributed by atoms with E-state index in [1.165, 1.54) is 38.6 Å². The molecular weight excluding hydrogens is 194 g/mol. The van der Waals surface area contributed by atoms with Gasteiger partial charge in [-0.15, -0.1) is 13.2 Å². The van der Waals surface area contributed by atoms with Crippen molar-refractivity contribution in [3.63, 3.8) is 0 Å². The van der Waals surface area contributed by atoms with Gasteiger partial charge in [-0.05, 0) is 51.1 Å². The van der Waals surface area contributed by atoms with E-state index < -0.39 is 0 Å². The van der Waals surface area contributed by atoms with Crippen LogP contribution in [0.25, 0.3) is 0 Å². The third-order valence-corrected chi connectivity index (χ3v) is 2.89. The Balaban J connectivity index is 3.32. The molecule has 0 fully saturated rings. The van der Waals surface area contributed by atoms with Gasteiger partial charge in [0.25, 0.3) is 0 Å². The Kier molecular flexibility index (Phi) is 12.1. The van der Waals surface area contributed by atoms with Crippen LogP contribution in [0.5, 0.6) is 0 Å². The number of unbranched alkanes of at least 4 members (excludes halogenated alkanes) is 2. The predicted molar refractivity (Wildman–Crippen MR) is 74.7 cm³/mol. The summed E-state index contributed by atoms with van der Waals surface area (Å²) in [6.45, 7) is 12.2. The Bertz CT molecular complexity index is 153. The van der Waals surface area contributed by atoms with Crippen molar-refractivity contribution in [1.82, 2.24) is 5.32 Å². The molecule has 1 N–H and O–H groups in total. The highest BCUT2D eigenvalue weighted by Gasteiger charge is 2.03. The minimum Gasteiger partial charge on any atom is -0.317 e. The summed E-state index contributed by atoms with van der Waals surface area (Å²) in [6, 6.07) is 0. The van der Waals surface area contributed by atoms with Gasteiger partial charge in [-0.3, -0.25) is 0 Å². The van der Waals surface area contributed by atoms with Crippen molar-refractivity contribution >= 4 is 0 Å². The molecule has 0 bridgehead atoms. The summed E-state index contributed by atoms with van der Waals surface area (Å²) in [5.74, 6) is 0.776. The highest BCUT2D eigenvalue weighted by molar-refractivity contribution is 4.79. The van der Waals surface area contributed by atoms with E-state index in [9.17, 15) is 0 Å². The summed E-state index contributed by atoms with van der Waals surface area (Å²) in [6.07, 6.45) is 12.9. The van der Waals surface area contributed by atoms with Crippen LogP contribution < -0.4 is 5.32 Å². The van der Waals surface area contributed by atoms with Crippen molar-refractivity contribution < 1.29 is 0 Å². The molecule has 0 unspecified atom stereocenters. The van der Waals surface area contributed by atoms with Crippen LogP contribution in [0.2, 0.25) is 0 Å². The van der Waals surface area contributed by atoms with Crippen LogP contribution in [0.3, 0.4) is 0 Å². The van der Waals surface area contributed by atoms with Crippen molar-refractivity contribution in [3.05, 3.63) is 25.3 Å². The zero-order valence-electron chi connectivity index (χ0n) is 11.0. The van der Waals surface area contributed by atoms with Crippen LogP contribution in [0.15, 0.2) is 25.3 Å². The summed E-state index contributed by atoms with van der Waals surface area (Å²) in [5, 5.41) is 3.44. The summed E-state index contributed by atoms with van der Waals surface area (Å²) < 4.78 is 0. The van der Waals surface area contributed by atoms with Crippen molar-refractivity contribution in [2.24, 2.45) is 5.92 Å². The molecule has 0 saturated heterocycles. The lowest BCUT2D eigenvalue weighted by Crippen LogP contribution is -2.15. The van der Waals surface area contributed by atoms with Crippen LogP contribution in [0.4, 0.5) is 0 Å². The zero-order chi connectivity index (χ0) is 12.1. The topological polar surface area (TPSA) is 12.0 Å². The first-order valence-electron chi connectivity index (χ1n) is 6.77. The third-order valence-electron chi connectivity index (χ3n) is 2.89. The minimum absolute atomic E-state index is 0.776. The van der Waals surface area contributed by atoms with Gasteiger partial charge in [-0.2, -0.15) is 0 Å². The van der Waals surface area contributed by atoms with Gasteiger partial charge in [0.05, 0.1) is 0 Å². The van der Waals surface area contributed by atoms with Gasteiger partial charge in [0.15, 0.2) is 0 Å². The van der Waals surface area contributed by atoms with E-state index in [4.69, 9.17) is 0 Å². The summed E-state index contributed by atoms with van der Waals surface area (Å²) in [4.78, 5) is 0. The molecule has 0 saturated carbocycles. The van der Waals surface area contributed by atoms with Crippen LogP contribution in [-0.4, -0.2) is 13.1 Å². The Hall–Kier alpha value is -0.560. The molecule has 0 aliphatic rings. The monoisotopic (exact) mass is 223 g/mol. The maximum Gasteiger partial charge on any atom is -0.00489 e. The predicted octanol–water partition coefficient (Wildman–Crippen LogP) is 4.31. The average Bonchev–Trinajstić information content (AvgIpc) is 2.28. The molecular formula is C15H29N. The molecule has 94 valence electrons. The maximum absolute atomic E-state index is 3.82. The molecule has 0 heterocycles. The van der Waals surface area contributed by atoms with Crippen molar-refractivity contribution in [2.75, 3.05) is 13.1 Å². The molecule has 16 heavy (non-hydrogen) atoms. The molecule has 0 aromatic rings. The van der Waals surface area contributed by atoms with E-state index in [2.05, 4.69) is 25.4 Å². The molecule has 1 nitrogen and oxygen atoms in total. The van der Waals surface area contributed by atoms with E-state index in [0.717, 1.165) is 25.3 Å². The summed E-state index contributed by atoms with van der Waals surface area (Å²) >= 11 is 0. The quantitative estimate of drug-likeness (QED) is 0.384. The van der Waals surface area contributed by atoms with Gasteiger partial charge in [-0.1, -0.05) is 31.9 Å². The van der Waals surface area contributed by atoms with E-state index in [-0.39, 0.29) is 0 Å². The summed E-state index contributed by atoms with van der Waals surface area (Å²) in [5.41, 5.74) is 0. The van der Waals surface area contributed by atoms with Crippen molar-refractivity contribution in [2.45, 2.75) is 51.9 Å². The van der Waals surface area contributed by atoms with E-state index in [1.54, 1.807) is 0 Å². The first-order chi connectivity index (χ1) is 7.85. The second-order valence-corrected chi connectivity index (χ2v) is 4.51. The standard InChI is InChI=1S/C15H29N/c1-4-10-15(11-5-2)12-8-7-9-14-16-13-6-3/h4-5,15-16H,1-2,6-14H2,3H3. The van der Waals surface area contributed by atoms with Gasteiger partial charge in [0.1, 0.15) is 0 Å². The van der Waals surface area contributed by atoms with Gasteiger partial charge < -0.3 is 5.32 Å². The molecule has 0 rings (SSSR count). The fourth-order valence-electron chi connectivity index (χ4n) is 1.96.